The van der Waals surface area contributed by atoms with E-state index in [1.807, 2.05) is 18.7 Å². The largest absolute Gasteiger partial charge is 0.328 e. The first kappa shape index (κ1) is 12.6. The van der Waals surface area contributed by atoms with E-state index in [9.17, 15) is 0 Å². The summed E-state index contributed by atoms with van der Waals surface area (Å²) in [6.45, 7) is 6.54. The first-order valence-corrected chi connectivity index (χ1v) is 6.54. The fraction of sp³-hybridized carbons (Fsp3) is 0.538. The monoisotopic (exact) mass is 223 g/mol. The zero-order valence-electron chi connectivity index (χ0n) is 9.86. The van der Waals surface area contributed by atoms with Crippen molar-refractivity contribution in [3.05, 3.63) is 29.8 Å². The molecular formula is C13H21NS. The van der Waals surface area contributed by atoms with Gasteiger partial charge in [0.2, 0.25) is 0 Å². The van der Waals surface area contributed by atoms with Gasteiger partial charge in [-0.25, -0.2) is 0 Å². The second-order valence-corrected chi connectivity index (χ2v) is 5.62. The van der Waals surface area contributed by atoms with Gasteiger partial charge in [0.05, 0.1) is 0 Å². The molecule has 0 bridgehead atoms. The predicted octanol–water partition coefficient (Wildman–Crippen LogP) is 3.32. The number of rotatable bonds is 5. The molecule has 84 valence electrons. The smallest absolute Gasteiger partial charge is 0.00722 e. The summed E-state index contributed by atoms with van der Waals surface area (Å²) in [6, 6.07) is 9.02. The second kappa shape index (κ2) is 6.19. The van der Waals surface area contributed by atoms with Crippen LogP contribution in [0.15, 0.2) is 29.2 Å². The van der Waals surface area contributed by atoms with Gasteiger partial charge in [-0.3, -0.25) is 0 Å². The Hall–Kier alpha value is -0.470. The maximum absolute atomic E-state index is 5.76. The molecule has 1 atom stereocenters. The Morgan fingerprint density at radius 3 is 2.20 bits per heavy atom. The Kier molecular flexibility index (Phi) is 5.20. The minimum atomic E-state index is 0.249. The quantitative estimate of drug-likeness (QED) is 0.775. The number of hydrogen-bond donors (Lipinski definition) is 1. The van der Waals surface area contributed by atoms with Crippen LogP contribution in [0.5, 0.6) is 0 Å². The van der Waals surface area contributed by atoms with E-state index in [0.717, 1.165) is 12.3 Å². The maximum atomic E-state index is 5.76. The second-order valence-electron chi connectivity index (χ2n) is 4.53. The number of thioether (sulfide) groups is 1. The molecule has 2 heteroatoms. The van der Waals surface area contributed by atoms with Crippen molar-refractivity contribution in [2.24, 2.45) is 11.7 Å². The van der Waals surface area contributed by atoms with E-state index >= 15 is 0 Å². The minimum absolute atomic E-state index is 0.249. The van der Waals surface area contributed by atoms with Gasteiger partial charge in [-0.15, -0.1) is 11.8 Å². The summed E-state index contributed by atoms with van der Waals surface area (Å²) in [6.07, 6.45) is 0.967. The molecule has 0 aromatic heterocycles. The SMILES string of the molecule is CC(C)CSc1ccc(CC(C)N)cc1. The summed E-state index contributed by atoms with van der Waals surface area (Å²) in [5.74, 6) is 1.94. The lowest BCUT2D eigenvalue weighted by molar-refractivity contribution is 0.737. The first-order valence-electron chi connectivity index (χ1n) is 5.55. The Balaban J connectivity index is 2.49. The third kappa shape index (κ3) is 5.24. The van der Waals surface area contributed by atoms with E-state index in [1.54, 1.807) is 0 Å². The van der Waals surface area contributed by atoms with Crippen molar-refractivity contribution < 1.29 is 0 Å². The van der Waals surface area contributed by atoms with Gasteiger partial charge in [-0.1, -0.05) is 26.0 Å². The van der Waals surface area contributed by atoms with Crippen molar-refractivity contribution in [1.82, 2.24) is 0 Å². The number of nitrogens with two attached hydrogens (primary N) is 1. The van der Waals surface area contributed by atoms with Crippen LogP contribution >= 0.6 is 11.8 Å². The van der Waals surface area contributed by atoms with Crippen molar-refractivity contribution in [1.29, 1.82) is 0 Å². The van der Waals surface area contributed by atoms with Gasteiger partial charge in [0.1, 0.15) is 0 Å². The third-order valence-electron chi connectivity index (χ3n) is 2.06. The van der Waals surface area contributed by atoms with Gasteiger partial charge in [0.25, 0.3) is 0 Å². The summed E-state index contributed by atoms with van der Waals surface area (Å²) >= 11 is 1.92. The topological polar surface area (TPSA) is 26.0 Å². The lowest BCUT2D eigenvalue weighted by atomic mass is 10.1. The minimum Gasteiger partial charge on any atom is -0.328 e. The molecule has 0 spiro atoms. The van der Waals surface area contributed by atoms with Gasteiger partial charge in [-0.05, 0) is 37.0 Å². The Bertz CT molecular complexity index is 277. The highest BCUT2D eigenvalue weighted by atomic mass is 32.2. The van der Waals surface area contributed by atoms with E-state index in [1.165, 1.54) is 16.2 Å². The standard InChI is InChI=1S/C13H21NS/c1-10(2)9-15-13-6-4-12(5-7-13)8-11(3)14/h4-7,10-11H,8-9,14H2,1-3H3. The number of hydrogen-bond acceptors (Lipinski definition) is 2. The Morgan fingerprint density at radius 1 is 1.13 bits per heavy atom. The van der Waals surface area contributed by atoms with Gasteiger partial charge in [0.15, 0.2) is 0 Å². The molecule has 0 saturated carbocycles. The fourth-order valence-corrected chi connectivity index (χ4v) is 2.21. The van der Waals surface area contributed by atoms with E-state index in [4.69, 9.17) is 5.73 Å². The summed E-state index contributed by atoms with van der Waals surface area (Å²) in [5, 5.41) is 0. The van der Waals surface area contributed by atoms with Crippen LogP contribution in [0.4, 0.5) is 0 Å². The summed E-state index contributed by atoms with van der Waals surface area (Å²) in [7, 11) is 0. The molecule has 15 heavy (non-hydrogen) atoms. The van der Waals surface area contributed by atoms with Crippen LogP contribution in [-0.4, -0.2) is 11.8 Å². The molecule has 0 radical (unpaired) electrons. The van der Waals surface area contributed by atoms with Crippen LogP contribution in [-0.2, 0) is 6.42 Å². The molecular weight excluding hydrogens is 202 g/mol. The van der Waals surface area contributed by atoms with Gasteiger partial charge in [0, 0.05) is 16.7 Å². The highest BCUT2D eigenvalue weighted by molar-refractivity contribution is 7.99. The molecule has 2 N–H and O–H groups in total. The van der Waals surface area contributed by atoms with E-state index in [2.05, 4.69) is 38.1 Å². The van der Waals surface area contributed by atoms with Crippen molar-refractivity contribution in [3.8, 4) is 0 Å². The van der Waals surface area contributed by atoms with Crippen molar-refractivity contribution in [3.63, 3.8) is 0 Å². The highest BCUT2D eigenvalue weighted by Crippen LogP contribution is 2.21. The lowest BCUT2D eigenvalue weighted by Crippen LogP contribution is -2.17. The van der Waals surface area contributed by atoms with Crippen molar-refractivity contribution in [2.75, 3.05) is 5.75 Å². The Labute approximate surface area is 97.4 Å². The summed E-state index contributed by atoms with van der Waals surface area (Å²) < 4.78 is 0. The van der Waals surface area contributed by atoms with Crippen molar-refractivity contribution >= 4 is 11.8 Å². The molecule has 0 aliphatic rings. The summed E-state index contributed by atoms with van der Waals surface area (Å²) in [4.78, 5) is 1.36. The first-order chi connectivity index (χ1) is 7.08. The van der Waals surface area contributed by atoms with Crippen LogP contribution in [0, 0.1) is 5.92 Å². The van der Waals surface area contributed by atoms with Crippen molar-refractivity contribution in [2.45, 2.75) is 38.1 Å². The normalized spacial score (nSPS) is 13.1. The molecule has 0 saturated heterocycles. The molecule has 0 amide bonds. The van der Waals surface area contributed by atoms with E-state index in [-0.39, 0.29) is 6.04 Å². The highest BCUT2D eigenvalue weighted by Gasteiger charge is 2.00. The molecule has 0 fully saturated rings. The predicted molar refractivity (Wildman–Crippen MR) is 69.4 cm³/mol. The lowest BCUT2D eigenvalue weighted by Gasteiger charge is -2.07. The molecule has 1 aromatic carbocycles. The molecule has 0 aliphatic carbocycles. The average Bonchev–Trinajstić information content (AvgIpc) is 2.16. The third-order valence-corrected chi connectivity index (χ3v) is 3.50. The van der Waals surface area contributed by atoms with Crippen LogP contribution in [0.3, 0.4) is 0 Å². The molecule has 1 rings (SSSR count). The average molecular weight is 223 g/mol. The van der Waals surface area contributed by atoms with Gasteiger partial charge < -0.3 is 5.73 Å². The maximum Gasteiger partial charge on any atom is 0.00722 e. The molecule has 1 aromatic rings. The van der Waals surface area contributed by atoms with E-state index in [0.29, 0.717) is 0 Å². The van der Waals surface area contributed by atoms with Crippen LogP contribution in [0.2, 0.25) is 0 Å². The molecule has 1 unspecified atom stereocenters. The molecule has 0 aliphatic heterocycles. The van der Waals surface area contributed by atoms with Gasteiger partial charge >= 0.3 is 0 Å². The molecule has 0 heterocycles. The van der Waals surface area contributed by atoms with Crippen LogP contribution in [0.25, 0.3) is 0 Å². The van der Waals surface area contributed by atoms with E-state index < -0.39 is 0 Å². The Morgan fingerprint density at radius 2 is 1.73 bits per heavy atom. The number of benzene rings is 1. The zero-order chi connectivity index (χ0) is 11.3. The van der Waals surface area contributed by atoms with Crippen LogP contribution < -0.4 is 5.73 Å². The molecule has 1 nitrogen and oxygen atoms in total. The summed E-state index contributed by atoms with van der Waals surface area (Å²) in [5.41, 5.74) is 7.09. The van der Waals surface area contributed by atoms with Crippen LogP contribution in [0.1, 0.15) is 26.3 Å². The zero-order valence-corrected chi connectivity index (χ0v) is 10.7. The van der Waals surface area contributed by atoms with Gasteiger partial charge in [-0.2, -0.15) is 0 Å². The fourth-order valence-electron chi connectivity index (χ4n) is 1.36.